The summed E-state index contributed by atoms with van der Waals surface area (Å²) in [6.07, 6.45) is 5.09. The van der Waals surface area contributed by atoms with Crippen molar-refractivity contribution in [3.05, 3.63) is 77.0 Å². The summed E-state index contributed by atoms with van der Waals surface area (Å²) in [5.41, 5.74) is 4.40. The predicted molar refractivity (Wildman–Crippen MR) is 144 cm³/mol. The molecule has 2 heterocycles. The molecule has 36 heavy (non-hydrogen) atoms. The Bertz CT molecular complexity index is 1110. The minimum Gasteiger partial charge on any atom is -0.387 e. The second-order valence-electron chi connectivity index (χ2n) is 8.73. The minimum absolute atomic E-state index is 0.187. The number of allylic oxidation sites excluding steroid dienone is 4. The van der Waals surface area contributed by atoms with E-state index in [4.69, 9.17) is 4.74 Å². The van der Waals surface area contributed by atoms with Crippen molar-refractivity contribution >= 4 is 33.8 Å². The average Bonchev–Trinajstić information content (AvgIpc) is 2.91. The van der Waals surface area contributed by atoms with Crippen LogP contribution in [0.15, 0.2) is 60.1 Å². The second kappa shape index (κ2) is 13.5. The van der Waals surface area contributed by atoms with Crippen LogP contribution in [0.1, 0.15) is 31.9 Å². The molecule has 2 aromatic rings. The number of morpholine rings is 1. The van der Waals surface area contributed by atoms with Gasteiger partial charge in [0.05, 0.1) is 19.1 Å². The highest BCUT2D eigenvalue weighted by Crippen LogP contribution is 2.37. The Morgan fingerprint density at radius 1 is 1.06 bits per heavy atom. The molecule has 0 bridgehead atoms. The SMILES string of the molecule is CSC(=O)C(C)C(=O)/C(C)=C(/C(=C(\C)NCCN1CCOCC1)c1ccncc1)c1ccc(F)cc1. The minimum atomic E-state index is -0.788. The van der Waals surface area contributed by atoms with Gasteiger partial charge in [-0.3, -0.25) is 19.5 Å². The zero-order valence-corrected chi connectivity index (χ0v) is 22.2. The summed E-state index contributed by atoms with van der Waals surface area (Å²) >= 11 is 1.05. The van der Waals surface area contributed by atoms with Crippen molar-refractivity contribution in [3.8, 4) is 0 Å². The number of hydrogen-bond acceptors (Lipinski definition) is 7. The van der Waals surface area contributed by atoms with Crippen LogP contribution < -0.4 is 5.32 Å². The van der Waals surface area contributed by atoms with E-state index in [-0.39, 0.29) is 16.7 Å². The number of ether oxygens (including phenoxy) is 1. The molecule has 0 spiro atoms. The van der Waals surface area contributed by atoms with Crippen LogP contribution in [0.3, 0.4) is 0 Å². The fourth-order valence-corrected chi connectivity index (χ4v) is 4.74. The summed E-state index contributed by atoms with van der Waals surface area (Å²) in [5.74, 6) is -1.40. The number of ketones is 1. The highest BCUT2D eigenvalue weighted by atomic mass is 32.2. The van der Waals surface area contributed by atoms with Crippen LogP contribution >= 0.6 is 11.8 Å². The molecule has 192 valence electrons. The van der Waals surface area contributed by atoms with E-state index in [1.807, 2.05) is 19.1 Å². The number of thioether (sulfide) groups is 1. The quantitative estimate of drug-likeness (QED) is 0.287. The number of nitrogens with one attached hydrogen (secondary N) is 1. The van der Waals surface area contributed by atoms with Gasteiger partial charge in [0.15, 0.2) is 10.9 Å². The smallest absolute Gasteiger partial charge is 0.199 e. The van der Waals surface area contributed by atoms with Gasteiger partial charge in [-0.1, -0.05) is 23.9 Å². The van der Waals surface area contributed by atoms with Crippen molar-refractivity contribution < 1.29 is 18.7 Å². The van der Waals surface area contributed by atoms with Gasteiger partial charge in [0.25, 0.3) is 0 Å². The van der Waals surface area contributed by atoms with Gasteiger partial charge >= 0.3 is 0 Å². The Morgan fingerprint density at radius 3 is 2.28 bits per heavy atom. The van der Waals surface area contributed by atoms with Crippen LogP contribution in [0.5, 0.6) is 0 Å². The van der Waals surface area contributed by atoms with Crippen molar-refractivity contribution in [3.63, 3.8) is 0 Å². The lowest BCUT2D eigenvalue weighted by atomic mass is 9.85. The predicted octanol–water partition coefficient (Wildman–Crippen LogP) is 4.44. The van der Waals surface area contributed by atoms with E-state index >= 15 is 0 Å². The lowest BCUT2D eigenvalue weighted by Crippen LogP contribution is -2.40. The number of Topliss-reactive ketones (excluding diaryl/α,β-unsaturated/α-hetero) is 1. The van der Waals surface area contributed by atoms with Gasteiger partial charge in [0.2, 0.25) is 0 Å². The van der Waals surface area contributed by atoms with Crippen LogP contribution in [-0.2, 0) is 14.3 Å². The molecular weight excluding hydrogens is 477 g/mol. The van der Waals surface area contributed by atoms with Crippen LogP contribution in [0.2, 0.25) is 0 Å². The molecule has 1 N–H and O–H groups in total. The molecule has 1 fully saturated rings. The molecule has 1 aliphatic rings. The Kier molecular flexibility index (Phi) is 10.4. The lowest BCUT2D eigenvalue weighted by molar-refractivity contribution is -0.125. The van der Waals surface area contributed by atoms with E-state index in [0.29, 0.717) is 23.3 Å². The summed E-state index contributed by atoms with van der Waals surface area (Å²) in [6.45, 7) is 10.2. The molecule has 0 amide bonds. The van der Waals surface area contributed by atoms with Crippen LogP contribution in [0.25, 0.3) is 11.1 Å². The van der Waals surface area contributed by atoms with E-state index in [2.05, 4.69) is 15.2 Å². The number of hydrogen-bond donors (Lipinski definition) is 1. The normalized spacial score (nSPS) is 16.6. The Balaban J connectivity index is 2.10. The van der Waals surface area contributed by atoms with E-state index in [1.54, 1.807) is 44.6 Å². The van der Waals surface area contributed by atoms with E-state index in [1.165, 1.54) is 12.1 Å². The first kappa shape index (κ1) is 27.8. The molecule has 1 aromatic heterocycles. The molecule has 1 atom stereocenters. The first-order valence-electron chi connectivity index (χ1n) is 12.1. The first-order valence-corrected chi connectivity index (χ1v) is 13.3. The van der Waals surface area contributed by atoms with Crippen LogP contribution in [0.4, 0.5) is 4.39 Å². The maximum absolute atomic E-state index is 13.8. The van der Waals surface area contributed by atoms with Gasteiger partial charge in [0, 0.05) is 55.4 Å². The zero-order valence-electron chi connectivity index (χ0n) is 21.3. The van der Waals surface area contributed by atoms with Gasteiger partial charge in [-0.05, 0) is 68.0 Å². The fourth-order valence-electron chi connectivity index (χ4n) is 4.28. The van der Waals surface area contributed by atoms with E-state index in [0.717, 1.165) is 61.4 Å². The van der Waals surface area contributed by atoms with Gasteiger partial charge in [-0.25, -0.2) is 4.39 Å². The lowest BCUT2D eigenvalue weighted by Gasteiger charge is -2.27. The molecule has 8 heteroatoms. The Hall–Kier alpha value is -2.81. The number of nitrogens with zero attached hydrogens (tertiary/aromatic N) is 2. The monoisotopic (exact) mass is 511 g/mol. The second-order valence-corrected chi connectivity index (χ2v) is 9.54. The van der Waals surface area contributed by atoms with Crippen molar-refractivity contribution in [1.29, 1.82) is 0 Å². The highest BCUT2D eigenvalue weighted by Gasteiger charge is 2.27. The third kappa shape index (κ3) is 7.12. The summed E-state index contributed by atoms with van der Waals surface area (Å²) < 4.78 is 19.3. The summed E-state index contributed by atoms with van der Waals surface area (Å²) in [6, 6.07) is 9.89. The van der Waals surface area contributed by atoms with Gasteiger partial charge in [-0.15, -0.1) is 0 Å². The van der Waals surface area contributed by atoms with Gasteiger partial charge in [0.1, 0.15) is 5.82 Å². The van der Waals surface area contributed by atoms with Crippen molar-refractivity contribution in [2.75, 3.05) is 45.6 Å². The van der Waals surface area contributed by atoms with Crippen LogP contribution in [0, 0.1) is 11.7 Å². The number of pyridine rings is 1. The third-order valence-corrected chi connectivity index (χ3v) is 7.10. The fraction of sp³-hybridized carbons (Fsp3) is 0.393. The van der Waals surface area contributed by atoms with Crippen molar-refractivity contribution in [2.24, 2.45) is 5.92 Å². The third-order valence-electron chi connectivity index (χ3n) is 6.34. The maximum Gasteiger partial charge on any atom is 0.199 e. The first-order chi connectivity index (χ1) is 17.3. The zero-order chi connectivity index (χ0) is 26.1. The highest BCUT2D eigenvalue weighted by molar-refractivity contribution is 8.13. The van der Waals surface area contributed by atoms with Gasteiger partial charge < -0.3 is 10.1 Å². The summed E-state index contributed by atoms with van der Waals surface area (Å²) in [5, 5.41) is 3.35. The van der Waals surface area contributed by atoms with E-state index in [9.17, 15) is 14.0 Å². The summed E-state index contributed by atoms with van der Waals surface area (Å²) in [4.78, 5) is 32.3. The maximum atomic E-state index is 13.8. The number of carbonyl (C=O) groups is 2. The Morgan fingerprint density at radius 2 is 1.67 bits per heavy atom. The molecule has 1 aliphatic heterocycles. The molecule has 1 unspecified atom stereocenters. The standard InChI is InChI=1S/C28H34FN3O3S/c1-19(27(33)20(2)28(34)36-4)25(22-5-7-24(29)8-6-22)26(23-9-11-30-12-10-23)21(3)31-13-14-32-15-17-35-18-16-32/h5-12,20,31H,13-18H2,1-4H3/b25-19+,26-21+. The molecule has 0 saturated carbocycles. The van der Waals surface area contributed by atoms with Gasteiger partial charge in [-0.2, -0.15) is 0 Å². The molecule has 0 aliphatic carbocycles. The number of aromatic nitrogens is 1. The molecule has 3 rings (SSSR count). The number of rotatable bonds is 10. The molecule has 6 nitrogen and oxygen atoms in total. The molecule has 0 radical (unpaired) electrons. The number of benzene rings is 1. The Labute approximate surface area is 217 Å². The molecule has 1 aromatic carbocycles. The number of halogens is 1. The largest absolute Gasteiger partial charge is 0.387 e. The molecular formula is C28H34FN3O3S. The molecule has 1 saturated heterocycles. The van der Waals surface area contributed by atoms with Crippen molar-refractivity contribution in [2.45, 2.75) is 20.8 Å². The average molecular weight is 512 g/mol. The van der Waals surface area contributed by atoms with E-state index < -0.39 is 5.92 Å². The topological polar surface area (TPSA) is 71.5 Å². The van der Waals surface area contributed by atoms with Crippen molar-refractivity contribution in [1.82, 2.24) is 15.2 Å². The summed E-state index contributed by atoms with van der Waals surface area (Å²) in [7, 11) is 0. The van der Waals surface area contributed by atoms with Crippen LogP contribution in [-0.4, -0.2) is 66.4 Å². The number of carbonyl (C=O) groups excluding carboxylic acids is 2.